The molecule has 1 aliphatic rings. The number of rotatable bonds is 1. The summed E-state index contributed by atoms with van der Waals surface area (Å²) in [6.45, 7) is 0. The van der Waals surface area contributed by atoms with Crippen molar-refractivity contribution in [1.29, 1.82) is 0 Å². The Morgan fingerprint density at radius 1 is 1.57 bits per heavy atom. The van der Waals surface area contributed by atoms with Gasteiger partial charge in [0.1, 0.15) is 0 Å². The maximum atomic E-state index is 11.4. The third kappa shape index (κ3) is 1.55. The molecular formula is C10H11BrN2O. The Hall–Kier alpha value is -0.870. The molecule has 1 amide bonds. The van der Waals surface area contributed by atoms with Crippen molar-refractivity contribution in [1.82, 2.24) is 5.32 Å². The monoisotopic (exact) mass is 254 g/mol. The van der Waals surface area contributed by atoms with Crippen LogP contribution in [0.3, 0.4) is 0 Å². The van der Waals surface area contributed by atoms with Crippen LogP contribution < -0.4 is 10.6 Å². The van der Waals surface area contributed by atoms with Crippen LogP contribution >= 0.6 is 15.9 Å². The van der Waals surface area contributed by atoms with Gasteiger partial charge in [0.25, 0.3) is 0 Å². The average Bonchev–Trinajstić information content (AvgIpc) is 2.18. The minimum atomic E-state index is 0.0590. The number of nitrogens with one attached hydrogen (secondary N) is 2. The lowest BCUT2D eigenvalue weighted by molar-refractivity contribution is -0.117. The van der Waals surface area contributed by atoms with Crippen LogP contribution in [-0.2, 0) is 4.79 Å². The van der Waals surface area contributed by atoms with E-state index in [4.69, 9.17) is 0 Å². The van der Waals surface area contributed by atoms with Gasteiger partial charge in [0.15, 0.2) is 0 Å². The summed E-state index contributed by atoms with van der Waals surface area (Å²) in [7, 11) is 1.87. The molecule has 1 heterocycles. The second kappa shape index (κ2) is 3.71. The van der Waals surface area contributed by atoms with Gasteiger partial charge in [0.05, 0.1) is 5.69 Å². The first-order valence-corrected chi connectivity index (χ1v) is 5.27. The molecular weight excluding hydrogens is 244 g/mol. The van der Waals surface area contributed by atoms with Crippen molar-refractivity contribution >= 4 is 27.5 Å². The summed E-state index contributed by atoms with van der Waals surface area (Å²) < 4.78 is 0.934. The van der Waals surface area contributed by atoms with Crippen molar-refractivity contribution in [3.05, 3.63) is 28.2 Å². The summed E-state index contributed by atoms with van der Waals surface area (Å²) in [6.07, 6.45) is 0.500. The molecule has 1 atom stereocenters. The Balaban J connectivity index is 2.50. The number of anilines is 1. The fourth-order valence-electron chi connectivity index (χ4n) is 1.71. The van der Waals surface area contributed by atoms with Crippen LogP contribution in [0.1, 0.15) is 18.0 Å². The molecule has 0 bridgehead atoms. The fraction of sp³-hybridized carbons (Fsp3) is 0.300. The number of amides is 1. The lowest BCUT2D eigenvalue weighted by Crippen LogP contribution is -2.29. The van der Waals surface area contributed by atoms with E-state index in [1.807, 2.05) is 25.2 Å². The predicted octanol–water partition coefficient (Wildman–Crippen LogP) is 2.05. The zero-order valence-corrected chi connectivity index (χ0v) is 9.39. The molecule has 14 heavy (non-hydrogen) atoms. The smallest absolute Gasteiger partial charge is 0.226 e. The average molecular weight is 255 g/mol. The van der Waals surface area contributed by atoms with E-state index in [0.29, 0.717) is 6.42 Å². The van der Waals surface area contributed by atoms with Gasteiger partial charge in [-0.25, -0.2) is 0 Å². The van der Waals surface area contributed by atoms with Gasteiger partial charge in [-0.15, -0.1) is 0 Å². The Labute approximate surface area is 91.0 Å². The molecule has 0 aliphatic carbocycles. The van der Waals surface area contributed by atoms with Gasteiger partial charge in [0, 0.05) is 16.9 Å². The summed E-state index contributed by atoms with van der Waals surface area (Å²) in [5, 5.41) is 6.00. The normalized spacial score (nSPS) is 20.1. The number of para-hydroxylation sites is 1. The van der Waals surface area contributed by atoms with E-state index < -0.39 is 0 Å². The second-order valence-corrected chi connectivity index (χ2v) is 4.15. The lowest BCUT2D eigenvalue weighted by atomic mass is 9.98. The summed E-state index contributed by atoms with van der Waals surface area (Å²) in [6, 6.07) is 6.05. The molecule has 0 saturated carbocycles. The van der Waals surface area contributed by atoms with Gasteiger partial charge >= 0.3 is 0 Å². The molecule has 74 valence electrons. The number of benzene rings is 1. The van der Waals surface area contributed by atoms with Crippen molar-refractivity contribution < 1.29 is 4.79 Å². The number of carbonyl (C=O) groups excluding carboxylic acids is 1. The van der Waals surface area contributed by atoms with Crippen LogP contribution in [0.2, 0.25) is 0 Å². The largest absolute Gasteiger partial charge is 0.325 e. The van der Waals surface area contributed by atoms with Crippen LogP contribution in [-0.4, -0.2) is 13.0 Å². The molecule has 1 aromatic carbocycles. The van der Waals surface area contributed by atoms with E-state index in [1.165, 1.54) is 0 Å². The van der Waals surface area contributed by atoms with Crippen LogP contribution in [0, 0.1) is 0 Å². The molecule has 0 radical (unpaired) electrons. The first-order valence-electron chi connectivity index (χ1n) is 4.48. The minimum absolute atomic E-state index is 0.0590. The van der Waals surface area contributed by atoms with Crippen LogP contribution in [0.15, 0.2) is 22.7 Å². The van der Waals surface area contributed by atoms with Crippen molar-refractivity contribution in [2.24, 2.45) is 0 Å². The Morgan fingerprint density at radius 2 is 2.36 bits per heavy atom. The van der Waals surface area contributed by atoms with Gasteiger partial charge in [-0.2, -0.15) is 0 Å². The van der Waals surface area contributed by atoms with Crippen molar-refractivity contribution in [2.75, 3.05) is 12.4 Å². The number of hydrogen-bond acceptors (Lipinski definition) is 2. The van der Waals surface area contributed by atoms with Gasteiger partial charge in [-0.1, -0.05) is 12.1 Å². The standard InChI is InChI=1S/C10H11BrN2O/c1-12-8-5-9(14)13-10-6(8)3-2-4-7(10)11/h2-4,8,12H,5H2,1H3,(H,13,14). The molecule has 2 N–H and O–H groups in total. The molecule has 2 rings (SSSR count). The Morgan fingerprint density at radius 3 is 3.07 bits per heavy atom. The minimum Gasteiger partial charge on any atom is -0.325 e. The molecule has 0 aromatic heterocycles. The van der Waals surface area contributed by atoms with Gasteiger partial charge in [-0.05, 0) is 34.6 Å². The topological polar surface area (TPSA) is 41.1 Å². The van der Waals surface area contributed by atoms with Gasteiger partial charge < -0.3 is 10.6 Å². The molecule has 1 aromatic rings. The summed E-state index contributed by atoms with van der Waals surface area (Å²) in [5.74, 6) is 0.0590. The SMILES string of the molecule is CNC1CC(=O)Nc2c(Br)cccc21. The predicted molar refractivity (Wildman–Crippen MR) is 59.2 cm³/mol. The third-order valence-corrected chi connectivity index (χ3v) is 3.08. The molecule has 4 heteroatoms. The highest BCUT2D eigenvalue weighted by atomic mass is 79.9. The zero-order valence-electron chi connectivity index (χ0n) is 7.80. The highest BCUT2D eigenvalue weighted by molar-refractivity contribution is 9.10. The highest BCUT2D eigenvalue weighted by Gasteiger charge is 2.24. The van der Waals surface area contributed by atoms with Crippen LogP contribution in [0.5, 0.6) is 0 Å². The van der Waals surface area contributed by atoms with E-state index in [-0.39, 0.29) is 11.9 Å². The summed E-state index contributed by atoms with van der Waals surface area (Å²) in [5.41, 5.74) is 2.03. The fourth-order valence-corrected chi connectivity index (χ4v) is 2.19. The molecule has 3 nitrogen and oxygen atoms in total. The third-order valence-electron chi connectivity index (χ3n) is 2.42. The number of hydrogen-bond donors (Lipinski definition) is 2. The summed E-state index contributed by atoms with van der Waals surface area (Å²) in [4.78, 5) is 11.4. The number of carbonyl (C=O) groups is 1. The number of fused-ring (bicyclic) bond motifs is 1. The maximum absolute atomic E-state index is 11.4. The van der Waals surface area contributed by atoms with E-state index >= 15 is 0 Å². The van der Waals surface area contributed by atoms with Gasteiger partial charge in [-0.3, -0.25) is 4.79 Å². The zero-order chi connectivity index (χ0) is 10.1. The first kappa shape index (κ1) is 9.68. The van der Waals surface area contributed by atoms with Crippen molar-refractivity contribution in [2.45, 2.75) is 12.5 Å². The van der Waals surface area contributed by atoms with Crippen LogP contribution in [0.25, 0.3) is 0 Å². The van der Waals surface area contributed by atoms with E-state index in [9.17, 15) is 4.79 Å². The van der Waals surface area contributed by atoms with Crippen LogP contribution in [0.4, 0.5) is 5.69 Å². The highest BCUT2D eigenvalue weighted by Crippen LogP contribution is 2.35. The molecule has 1 unspecified atom stereocenters. The Bertz CT molecular complexity index is 378. The summed E-state index contributed by atoms with van der Waals surface area (Å²) >= 11 is 3.42. The second-order valence-electron chi connectivity index (χ2n) is 3.30. The van der Waals surface area contributed by atoms with E-state index in [1.54, 1.807) is 0 Å². The quantitative estimate of drug-likeness (QED) is 0.806. The molecule has 0 saturated heterocycles. The number of halogens is 1. The molecule has 0 fully saturated rings. The first-order chi connectivity index (χ1) is 6.72. The van der Waals surface area contributed by atoms with E-state index in [0.717, 1.165) is 15.7 Å². The maximum Gasteiger partial charge on any atom is 0.226 e. The van der Waals surface area contributed by atoms with Crippen molar-refractivity contribution in [3.8, 4) is 0 Å². The Kier molecular flexibility index (Phi) is 2.56. The van der Waals surface area contributed by atoms with Gasteiger partial charge in [0.2, 0.25) is 5.91 Å². The molecule has 0 spiro atoms. The van der Waals surface area contributed by atoms with Crippen molar-refractivity contribution in [3.63, 3.8) is 0 Å². The van der Waals surface area contributed by atoms with E-state index in [2.05, 4.69) is 26.6 Å². The molecule has 1 aliphatic heterocycles. The lowest BCUT2D eigenvalue weighted by Gasteiger charge is -2.25.